The summed E-state index contributed by atoms with van der Waals surface area (Å²) in [6.07, 6.45) is -0.0871. The zero-order valence-electron chi connectivity index (χ0n) is 10.7. The predicted molar refractivity (Wildman–Crippen MR) is 70.8 cm³/mol. The normalized spacial score (nSPS) is 10.6. The zero-order chi connectivity index (χ0) is 14.4. The number of rotatable bonds is 6. The molecule has 0 radical (unpaired) electrons. The maximum atomic E-state index is 12.4. The van der Waals surface area contributed by atoms with Gasteiger partial charge in [0.25, 0.3) is 0 Å². The van der Waals surface area contributed by atoms with Crippen LogP contribution in [0.4, 0.5) is 8.78 Å². The first kappa shape index (κ1) is 15.9. The summed E-state index contributed by atoms with van der Waals surface area (Å²) in [7, 11) is 0. The van der Waals surface area contributed by atoms with Crippen LogP contribution in [0.2, 0.25) is 0 Å². The SMILES string of the molecule is CCOC(=O)Cc1cc(CBr)c(C)cc1OC(F)F. The van der Waals surface area contributed by atoms with E-state index < -0.39 is 12.6 Å². The Hall–Kier alpha value is -1.17. The van der Waals surface area contributed by atoms with E-state index in [4.69, 9.17) is 4.74 Å². The summed E-state index contributed by atoms with van der Waals surface area (Å²) < 4.78 is 34.0. The highest BCUT2D eigenvalue weighted by Crippen LogP contribution is 2.27. The lowest BCUT2D eigenvalue weighted by molar-refractivity contribution is -0.142. The lowest BCUT2D eigenvalue weighted by atomic mass is 10.0. The number of benzene rings is 1. The molecule has 1 rings (SSSR count). The fraction of sp³-hybridized carbons (Fsp3) is 0.462. The van der Waals surface area contributed by atoms with Crippen LogP contribution in [-0.4, -0.2) is 19.2 Å². The van der Waals surface area contributed by atoms with E-state index in [1.165, 1.54) is 6.07 Å². The van der Waals surface area contributed by atoms with Crippen LogP contribution >= 0.6 is 15.9 Å². The van der Waals surface area contributed by atoms with Gasteiger partial charge in [-0.2, -0.15) is 8.78 Å². The van der Waals surface area contributed by atoms with Crippen LogP contribution in [-0.2, 0) is 21.3 Å². The molecule has 0 N–H and O–H groups in total. The molecular formula is C13H15BrF2O3. The Morgan fingerprint density at radius 2 is 2.05 bits per heavy atom. The maximum absolute atomic E-state index is 12.4. The largest absolute Gasteiger partial charge is 0.466 e. The van der Waals surface area contributed by atoms with E-state index in [1.54, 1.807) is 19.9 Å². The van der Waals surface area contributed by atoms with E-state index in [9.17, 15) is 13.6 Å². The number of carbonyl (C=O) groups is 1. The average molecular weight is 337 g/mol. The van der Waals surface area contributed by atoms with Crippen molar-refractivity contribution in [3.63, 3.8) is 0 Å². The van der Waals surface area contributed by atoms with E-state index >= 15 is 0 Å². The highest BCUT2D eigenvalue weighted by molar-refractivity contribution is 9.08. The van der Waals surface area contributed by atoms with Crippen LogP contribution in [0.1, 0.15) is 23.6 Å². The number of alkyl halides is 3. The van der Waals surface area contributed by atoms with E-state index in [2.05, 4.69) is 20.7 Å². The highest BCUT2D eigenvalue weighted by Gasteiger charge is 2.15. The summed E-state index contributed by atoms with van der Waals surface area (Å²) >= 11 is 3.31. The zero-order valence-corrected chi connectivity index (χ0v) is 12.3. The molecule has 1 aromatic carbocycles. The van der Waals surface area contributed by atoms with Gasteiger partial charge < -0.3 is 9.47 Å². The van der Waals surface area contributed by atoms with Crippen molar-refractivity contribution in [2.24, 2.45) is 0 Å². The summed E-state index contributed by atoms with van der Waals surface area (Å²) in [6, 6.07) is 3.19. The minimum Gasteiger partial charge on any atom is -0.466 e. The van der Waals surface area contributed by atoms with Crippen molar-refractivity contribution in [1.29, 1.82) is 0 Å². The van der Waals surface area contributed by atoms with Gasteiger partial charge in [0.15, 0.2) is 0 Å². The van der Waals surface area contributed by atoms with E-state index in [1.807, 2.05) is 0 Å². The molecule has 0 unspecified atom stereocenters. The van der Waals surface area contributed by atoms with Crippen LogP contribution in [0.3, 0.4) is 0 Å². The number of hydrogen-bond donors (Lipinski definition) is 0. The number of carbonyl (C=O) groups excluding carboxylic acids is 1. The van der Waals surface area contributed by atoms with Gasteiger partial charge in [-0.1, -0.05) is 22.0 Å². The number of esters is 1. The number of ether oxygens (including phenoxy) is 2. The van der Waals surface area contributed by atoms with Gasteiger partial charge >= 0.3 is 12.6 Å². The molecule has 0 fully saturated rings. The third kappa shape index (κ3) is 4.78. The van der Waals surface area contributed by atoms with E-state index in [0.29, 0.717) is 10.9 Å². The molecule has 0 amide bonds. The average Bonchev–Trinajstić information content (AvgIpc) is 2.32. The molecular weight excluding hydrogens is 322 g/mol. The lowest BCUT2D eigenvalue weighted by Crippen LogP contribution is -2.11. The molecule has 0 aliphatic rings. The Kier molecular flexibility index (Phi) is 6.21. The second kappa shape index (κ2) is 7.43. The standard InChI is InChI=1S/C13H15BrF2O3/c1-3-18-12(17)6-9-5-10(7-14)8(2)4-11(9)19-13(15)16/h4-5,13H,3,6-7H2,1-2H3. The molecule has 0 bridgehead atoms. The van der Waals surface area contributed by atoms with Crippen LogP contribution in [0.25, 0.3) is 0 Å². The van der Waals surface area contributed by atoms with Crippen molar-refractivity contribution in [3.05, 3.63) is 28.8 Å². The number of aryl methyl sites for hydroxylation is 1. The summed E-state index contributed by atoms with van der Waals surface area (Å²) in [6.45, 7) is 0.813. The predicted octanol–water partition coefficient (Wildman–Crippen LogP) is 3.60. The first-order valence-corrected chi connectivity index (χ1v) is 6.88. The molecule has 19 heavy (non-hydrogen) atoms. The smallest absolute Gasteiger partial charge is 0.387 e. The van der Waals surface area contributed by atoms with Gasteiger partial charge in [-0.15, -0.1) is 0 Å². The first-order valence-electron chi connectivity index (χ1n) is 5.76. The number of halogens is 3. The third-order valence-corrected chi connectivity index (χ3v) is 3.12. The molecule has 3 nitrogen and oxygen atoms in total. The van der Waals surface area contributed by atoms with Gasteiger partial charge in [-0.25, -0.2) is 0 Å². The van der Waals surface area contributed by atoms with Crippen molar-refractivity contribution in [1.82, 2.24) is 0 Å². The van der Waals surface area contributed by atoms with Crippen molar-refractivity contribution in [2.75, 3.05) is 6.61 Å². The summed E-state index contributed by atoms with van der Waals surface area (Å²) in [4.78, 5) is 11.5. The Balaban J connectivity index is 3.06. The maximum Gasteiger partial charge on any atom is 0.387 e. The van der Waals surface area contributed by atoms with Gasteiger partial charge in [-0.3, -0.25) is 4.79 Å². The Labute approximate surface area is 119 Å². The van der Waals surface area contributed by atoms with Gasteiger partial charge in [0.05, 0.1) is 13.0 Å². The minimum absolute atomic E-state index is 0.0188. The van der Waals surface area contributed by atoms with E-state index in [-0.39, 0.29) is 18.8 Å². The molecule has 0 saturated carbocycles. The molecule has 6 heteroatoms. The molecule has 0 saturated heterocycles. The molecule has 0 spiro atoms. The Morgan fingerprint density at radius 3 is 2.58 bits per heavy atom. The molecule has 106 valence electrons. The summed E-state index contributed by atoms with van der Waals surface area (Å²) in [5.41, 5.74) is 2.14. The molecule has 1 aromatic rings. The Morgan fingerprint density at radius 1 is 1.37 bits per heavy atom. The fourth-order valence-electron chi connectivity index (χ4n) is 1.63. The second-order valence-electron chi connectivity index (χ2n) is 3.88. The first-order chi connectivity index (χ1) is 8.97. The van der Waals surface area contributed by atoms with Crippen molar-refractivity contribution in [3.8, 4) is 5.75 Å². The van der Waals surface area contributed by atoms with E-state index in [0.717, 1.165) is 11.1 Å². The third-order valence-electron chi connectivity index (χ3n) is 2.52. The van der Waals surface area contributed by atoms with Gasteiger partial charge in [0.1, 0.15) is 5.75 Å². The van der Waals surface area contributed by atoms with Gasteiger partial charge in [0, 0.05) is 10.9 Å². The molecule has 0 heterocycles. The van der Waals surface area contributed by atoms with Crippen LogP contribution in [0.15, 0.2) is 12.1 Å². The lowest BCUT2D eigenvalue weighted by Gasteiger charge is -2.13. The quantitative estimate of drug-likeness (QED) is 0.588. The number of hydrogen-bond acceptors (Lipinski definition) is 3. The summed E-state index contributed by atoms with van der Waals surface area (Å²) in [5.74, 6) is -0.448. The fourth-order valence-corrected chi connectivity index (χ4v) is 2.24. The van der Waals surface area contributed by atoms with Crippen molar-refractivity contribution in [2.45, 2.75) is 32.2 Å². The van der Waals surface area contributed by atoms with Crippen molar-refractivity contribution >= 4 is 21.9 Å². The van der Waals surface area contributed by atoms with Crippen LogP contribution < -0.4 is 4.74 Å². The van der Waals surface area contributed by atoms with Crippen LogP contribution in [0.5, 0.6) is 5.75 Å². The van der Waals surface area contributed by atoms with Gasteiger partial charge in [-0.05, 0) is 31.0 Å². The second-order valence-corrected chi connectivity index (χ2v) is 4.44. The van der Waals surface area contributed by atoms with Gasteiger partial charge in [0.2, 0.25) is 0 Å². The Bertz CT molecular complexity index is 450. The van der Waals surface area contributed by atoms with Crippen LogP contribution in [0, 0.1) is 6.92 Å². The molecule has 0 aliphatic heterocycles. The topological polar surface area (TPSA) is 35.5 Å². The monoisotopic (exact) mass is 336 g/mol. The molecule has 0 aromatic heterocycles. The summed E-state index contributed by atoms with van der Waals surface area (Å²) in [5, 5.41) is 0.573. The molecule has 0 aliphatic carbocycles. The minimum atomic E-state index is -2.92. The molecule has 0 atom stereocenters. The highest BCUT2D eigenvalue weighted by atomic mass is 79.9. The van der Waals surface area contributed by atoms with Crippen molar-refractivity contribution < 1.29 is 23.0 Å².